The third-order valence-corrected chi connectivity index (χ3v) is 4.30. The summed E-state index contributed by atoms with van der Waals surface area (Å²) >= 11 is 0. The van der Waals surface area contributed by atoms with Gasteiger partial charge < -0.3 is 0 Å². The van der Waals surface area contributed by atoms with Gasteiger partial charge in [0.05, 0.1) is 11.4 Å². The van der Waals surface area contributed by atoms with Gasteiger partial charge in [-0.3, -0.25) is 9.97 Å². The molecule has 5 nitrogen and oxygen atoms in total. The SMILES string of the molecule is CCCS(=O)(=O)NCc1ccnc(-c2ccncc2)c1. The summed E-state index contributed by atoms with van der Waals surface area (Å²) in [5.41, 5.74) is 2.64. The van der Waals surface area contributed by atoms with Crippen LogP contribution in [0.15, 0.2) is 42.9 Å². The zero-order chi connectivity index (χ0) is 14.4. The maximum absolute atomic E-state index is 11.6. The van der Waals surface area contributed by atoms with Crippen LogP contribution in [0.3, 0.4) is 0 Å². The second-order valence-electron chi connectivity index (χ2n) is 4.43. The van der Waals surface area contributed by atoms with Gasteiger partial charge in [-0.15, -0.1) is 0 Å². The minimum atomic E-state index is -3.19. The fraction of sp³-hybridized carbons (Fsp3) is 0.286. The van der Waals surface area contributed by atoms with E-state index >= 15 is 0 Å². The Morgan fingerprint density at radius 1 is 1.15 bits per heavy atom. The third-order valence-electron chi connectivity index (χ3n) is 2.77. The molecule has 20 heavy (non-hydrogen) atoms. The van der Waals surface area contributed by atoms with E-state index in [1.807, 2.05) is 25.1 Å². The van der Waals surface area contributed by atoms with E-state index in [9.17, 15) is 8.42 Å². The van der Waals surface area contributed by atoms with E-state index in [-0.39, 0.29) is 12.3 Å². The fourth-order valence-corrected chi connectivity index (χ4v) is 2.87. The van der Waals surface area contributed by atoms with Crippen molar-refractivity contribution < 1.29 is 8.42 Å². The lowest BCUT2D eigenvalue weighted by Gasteiger charge is -2.07. The molecule has 106 valence electrons. The van der Waals surface area contributed by atoms with Gasteiger partial charge in [0.1, 0.15) is 0 Å². The fourth-order valence-electron chi connectivity index (χ4n) is 1.80. The lowest BCUT2D eigenvalue weighted by atomic mass is 10.1. The predicted octanol–water partition coefficient (Wildman–Crippen LogP) is 1.97. The van der Waals surface area contributed by atoms with Gasteiger partial charge in [0.2, 0.25) is 10.0 Å². The van der Waals surface area contributed by atoms with Crippen molar-refractivity contribution in [2.75, 3.05) is 5.75 Å². The quantitative estimate of drug-likeness (QED) is 0.883. The first-order valence-electron chi connectivity index (χ1n) is 6.43. The number of hydrogen-bond donors (Lipinski definition) is 1. The molecule has 6 heteroatoms. The number of pyridine rings is 2. The van der Waals surface area contributed by atoms with E-state index in [4.69, 9.17) is 0 Å². The molecule has 0 spiro atoms. The molecule has 0 aliphatic heterocycles. The highest BCUT2D eigenvalue weighted by molar-refractivity contribution is 7.89. The lowest BCUT2D eigenvalue weighted by Crippen LogP contribution is -2.25. The van der Waals surface area contributed by atoms with Crippen LogP contribution in [0.5, 0.6) is 0 Å². The predicted molar refractivity (Wildman–Crippen MR) is 78.4 cm³/mol. The molecule has 0 bridgehead atoms. The van der Waals surface area contributed by atoms with E-state index in [1.54, 1.807) is 24.7 Å². The Morgan fingerprint density at radius 3 is 2.60 bits per heavy atom. The normalized spacial score (nSPS) is 11.4. The van der Waals surface area contributed by atoms with Gasteiger partial charge in [-0.05, 0) is 36.2 Å². The van der Waals surface area contributed by atoms with E-state index in [1.165, 1.54) is 0 Å². The molecule has 0 radical (unpaired) electrons. The molecule has 0 aromatic carbocycles. The topological polar surface area (TPSA) is 72.0 Å². The Balaban J connectivity index is 2.11. The van der Waals surface area contributed by atoms with Gasteiger partial charge in [0.25, 0.3) is 0 Å². The summed E-state index contributed by atoms with van der Waals surface area (Å²) in [4.78, 5) is 8.25. The second-order valence-corrected chi connectivity index (χ2v) is 6.35. The highest BCUT2D eigenvalue weighted by Gasteiger charge is 2.08. The van der Waals surface area contributed by atoms with Gasteiger partial charge in [-0.25, -0.2) is 13.1 Å². The van der Waals surface area contributed by atoms with Crippen molar-refractivity contribution in [1.82, 2.24) is 14.7 Å². The second kappa shape index (κ2) is 6.58. The molecule has 0 aliphatic carbocycles. The molecule has 0 saturated heterocycles. The van der Waals surface area contributed by atoms with Crippen LogP contribution in [0, 0.1) is 0 Å². The number of sulfonamides is 1. The molecular formula is C14H17N3O2S. The molecule has 0 aliphatic rings. The smallest absolute Gasteiger partial charge is 0.211 e. The van der Waals surface area contributed by atoms with Crippen LogP contribution in [0.25, 0.3) is 11.3 Å². The Labute approximate surface area is 119 Å². The zero-order valence-corrected chi connectivity index (χ0v) is 12.1. The van der Waals surface area contributed by atoms with Crippen molar-refractivity contribution in [1.29, 1.82) is 0 Å². The largest absolute Gasteiger partial charge is 0.265 e. The average molecular weight is 291 g/mol. The van der Waals surface area contributed by atoms with Crippen molar-refractivity contribution in [2.24, 2.45) is 0 Å². The van der Waals surface area contributed by atoms with Crippen LogP contribution in [-0.2, 0) is 16.6 Å². The Kier molecular flexibility index (Phi) is 4.81. The van der Waals surface area contributed by atoms with Crippen molar-refractivity contribution in [3.8, 4) is 11.3 Å². The minimum Gasteiger partial charge on any atom is -0.265 e. The zero-order valence-electron chi connectivity index (χ0n) is 11.3. The third kappa shape index (κ3) is 4.11. The van der Waals surface area contributed by atoms with Crippen LogP contribution < -0.4 is 4.72 Å². The molecule has 2 aromatic heterocycles. The van der Waals surface area contributed by atoms with Gasteiger partial charge in [-0.1, -0.05) is 6.92 Å². The average Bonchev–Trinajstić information content (AvgIpc) is 2.47. The molecule has 0 atom stereocenters. The standard InChI is InChI=1S/C14H17N3O2S/c1-2-9-20(18,19)17-11-12-3-8-16-14(10-12)13-4-6-15-7-5-13/h3-8,10,17H,2,9,11H2,1H3. The first-order chi connectivity index (χ1) is 9.61. The Hall–Kier alpha value is -1.79. The highest BCUT2D eigenvalue weighted by atomic mass is 32.2. The summed E-state index contributed by atoms with van der Waals surface area (Å²) in [6.45, 7) is 2.12. The number of nitrogens with one attached hydrogen (secondary N) is 1. The Bertz CT molecular complexity index is 657. The minimum absolute atomic E-state index is 0.148. The summed E-state index contributed by atoms with van der Waals surface area (Å²) < 4.78 is 25.8. The van der Waals surface area contributed by atoms with Crippen LogP contribution in [0.1, 0.15) is 18.9 Å². The molecule has 0 amide bonds. The van der Waals surface area contributed by atoms with Crippen LogP contribution >= 0.6 is 0 Å². The van der Waals surface area contributed by atoms with Gasteiger partial charge in [-0.2, -0.15) is 0 Å². The lowest BCUT2D eigenvalue weighted by molar-refractivity contribution is 0.580. The molecule has 0 saturated carbocycles. The van der Waals surface area contributed by atoms with Gasteiger partial charge in [0.15, 0.2) is 0 Å². The van der Waals surface area contributed by atoms with Crippen LogP contribution in [0.4, 0.5) is 0 Å². The highest BCUT2D eigenvalue weighted by Crippen LogP contribution is 2.16. The van der Waals surface area contributed by atoms with Crippen LogP contribution in [-0.4, -0.2) is 24.1 Å². The summed E-state index contributed by atoms with van der Waals surface area (Å²) in [5.74, 6) is 0.148. The van der Waals surface area contributed by atoms with Gasteiger partial charge in [0, 0.05) is 30.7 Å². The number of nitrogens with zero attached hydrogens (tertiary/aromatic N) is 2. The number of aromatic nitrogens is 2. The number of hydrogen-bond acceptors (Lipinski definition) is 4. The van der Waals surface area contributed by atoms with E-state index < -0.39 is 10.0 Å². The van der Waals surface area contributed by atoms with Crippen molar-refractivity contribution in [3.63, 3.8) is 0 Å². The summed E-state index contributed by atoms with van der Waals surface area (Å²) in [7, 11) is -3.19. The molecule has 0 unspecified atom stereocenters. The maximum Gasteiger partial charge on any atom is 0.211 e. The Morgan fingerprint density at radius 2 is 1.90 bits per heavy atom. The molecule has 2 heterocycles. The van der Waals surface area contributed by atoms with Crippen molar-refractivity contribution in [3.05, 3.63) is 48.4 Å². The first kappa shape index (κ1) is 14.6. The number of rotatable bonds is 6. The monoisotopic (exact) mass is 291 g/mol. The maximum atomic E-state index is 11.6. The molecule has 0 fully saturated rings. The molecular weight excluding hydrogens is 274 g/mol. The summed E-state index contributed by atoms with van der Waals surface area (Å²) in [5, 5.41) is 0. The van der Waals surface area contributed by atoms with E-state index in [0.717, 1.165) is 16.8 Å². The molecule has 2 rings (SSSR count). The molecule has 1 N–H and O–H groups in total. The molecule has 2 aromatic rings. The van der Waals surface area contributed by atoms with E-state index in [0.29, 0.717) is 6.42 Å². The van der Waals surface area contributed by atoms with Gasteiger partial charge >= 0.3 is 0 Å². The van der Waals surface area contributed by atoms with Crippen LogP contribution in [0.2, 0.25) is 0 Å². The van der Waals surface area contributed by atoms with E-state index in [2.05, 4.69) is 14.7 Å². The first-order valence-corrected chi connectivity index (χ1v) is 8.08. The van der Waals surface area contributed by atoms with Crippen molar-refractivity contribution >= 4 is 10.0 Å². The summed E-state index contributed by atoms with van der Waals surface area (Å²) in [6.07, 6.45) is 5.69. The van der Waals surface area contributed by atoms with Crippen molar-refractivity contribution in [2.45, 2.75) is 19.9 Å². The summed E-state index contributed by atoms with van der Waals surface area (Å²) in [6, 6.07) is 7.42.